The second kappa shape index (κ2) is 4.52. The van der Waals surface area contributed by atoms with Gasteiger partial charge in [0.15, 0.2) is 0 Å². The van der Waals surface area contributed by atoms with Crippen molar-refractivity contribution in [3.8, 4) is 0 Å². The molecule has 0 aromatic rings. The lowest BCUT2D eigenvalue weighted by Gasteiger charge is -2.53. The van der Waals surface area contributed by atoms with Gasteiger partial charge in [0.25, 0.3) is 0 Å². The predicted octanol–water partition coefficient (Wildman–Crippen LogP) is 1.63. The average molecular weight is 238 g/mol. The van der Waals surface area contributed by atoms with Crippen LogP contribution in [0.1, 0.15) is 39.5 Å². The number of nitrogens with zero attached hydrogens (tertiary/aromatic N) is 1. The van der Waals surface area contributed by atoms with Crippen molar-refractivity contribution in [3.05, 3.63) is 0 Å². The Morgan fingerprint density at radius 1 is 1.24 bits per heavy atom. The highest BCUT2D eigenvalue weighted by atomic mass is 16.5. The zero-order chi connectivity index (χ0) is 11.9. The number of hydrogen-bond donors (Lipinski definition) is 1. The fraction of sp³-hybridized carbons (Fsp3) is 1.00. The van der Waals surface area contributed by atoms with E-state index in [9.17, 15) is 0 Å². The van der Waals surface area contributed by atoms with Crippen molar-refractivity contribution in [2.75, 3.05) is 26.3 Å². The van der Waals surface area contributed by atoms with Crippen molar-refractivity contribution >= 4 is 0 Å². The Kier molecular flexibility index (Phi) is 3.18. The molecule has 1 saturated heterocycles. The van der Waals surface area contributed by atoms with Gasteiger partial charge in [-0.2, -0.15) is 0 Å². The fourth-order valence-corrected chi connectivity index (χ4v) is 3.29. The molecule has 2 atom stereocenters. The molecular formula is C14H26N2O. The lowest BCUT2D eigenvalue weighted by atomic mass is 9.76. The Hall–Kier alpha value is -0.120. The van der Waals surface area contributed by atoms with Crippen molar-refractivity contribution < 1.29 is 4.74 Å². The highest BCUT2D eigenvalue weighted by Crippen LogP contribution is 2.37. The molecule has 2 unspecified atom stereocenters. The minimum Gasteiger partial charge on any atom is -0.378 e. The van der Waals surface area contributed by atoms with Gasteiger partial charge in [0.05, 0.1) is 13.2 Å². The van der Waals surface area contributed by atoms with Crippen LogP contribution >= 0.6 is 0 Å². The van der Waals surface area contributed by atoms with Gasteiger partial charge < -0.3 is 10.1 Å². The molecule has 0 radical (unpaired) electrons. The molecule has 3 aliphatic rings. The van der Waals surface area contributed by atoms with E-state index in [1.807, 2.05) is 0 Å². The van der Waals surface area contributed by atoms with Crippen LogP contribution in [0.4, 0.5) is 0 Å². The molecule has 3 fully saturated rings. The molecule has 0 bridgehead atoms. The molecule has 0 aromatic carbocycles. The highest BCUT2D eigenvalue weighted by Gasteiger charge is 2.43. The molecule has 2 aliphatic carbocycles. The molecule has 0 amide bonds. The lowest BCUT2D eigenvalue weighted by molar-refractivity contribution is -0.103. The smallest absolute Gasteiger partial charge is 0.0645 e. The number of ether oxygens (including phenoxy) is 1. The molecule has 1 aliphatic heterocycles. The number of nitrogens with one attached hydrogen (secondary N) is 1. The minimum atomic E-state index is 0.237. The third kappa shape index (κ3) is 2.51. The first-order valence-electron chi connectivity index (χ1n) is 7.25. The summed E-state index contributed by atoms with van der Waals surface area (Å²) in [5, 5.41) is 3.70. The van der Waals surface area contributed by atoms with E-state index in [0.717, 1.165) is 37.8 Å². The standard InChI is InChI=1S/C14H26N2O/c1-14(2)10-17-8-7-16(14)13-6-3-11(13)9-15-12-4-5-12/h11-13,15H,3-10H2,1-2H3. The van der Waals surface area contributed by atoms with Gasteiger partial charge in [0.2, 0.25) is 0 Å². The van der Waals surface area contributed by atoms with Gasteiger partial charge in [-0.15, -0.1) is 0 Å². The Morgan fingerprint density at radius 3 is 2.65 bits per heavy atom. The van der Waals surface area contributed by atoms with Crippen LogP contribution in [0.15, 0.2) is 0 Å². The molecule has 17 heavy (non-hydrogen) atoms. The van der Waals surface area contributed by atoms with E-state index >= 15 is 0 Å². The summed E-state index contributed by atoms with van der Waals surface area (Å²) in [4.78, 5) is 2.71. The monoisotopic (exact) mass is 238 g/mol. The van der Waals surface area contributed by atoms with Crippen molar-refractivity contribution in [1.29, 1.82) is 0 Å². The largest absolute Gasteiger partial charge is 0.378 e. The molecule has 98 valence electrons. The number of morpholine rings is 1. The quantitative estimate of drug-likeness (QED) is 0.805. The lowest BCUT2D eigenvalue weighted by Crippen LogP contribution is -2.62. The Labute approximate surface area is 105 Å². The molecule has 1 N–H and O–H groups in total. The van der Waals surface area contributed by atoms with Crippen LogP contribution in [-0.4, -0.2) is 48.8 Å². The van der Waals surface area contributed by atoms with Crippen LogP contribution in [0.5, 0.6) is 0 Å². The van der Waals surface area contributed by atoms with Gasteiger partial charge in [-0.05, 0) is 52.0 Å². The van der Waals surface area contributed by atoms with Gasteiger partial charge >= 0.3 is 0 Å². The summed E-state index contributed by atoms with van der Waals surface area (Å²) in [6.07, 6.45) is 5.61. The van der Waals surface area contributed by atoms with E-state index in [2.05, 4.69) is 24.1 Å². The molecule has 1 heterocycles. The van der Waals surface area contributed by atoms with Gasteiger partial charge in [0, 0.05) is 24.2 Å². The normalized spacial score (nSPS) is 37.8. The average Bonchev–Trinajstić information content (AvgIpc) is 3.03. The van der Waals surface area contributed by atoms with Crippen molar-refractivity contribution in [3.63, 3.8) is 0 Å². The summed E-state index contributed by atoms with van der Waals surface area (Å²) in [6, 6.07) is 1.66. The Bertz CT molecular complexity index is 275. The molecule has 2 saturated carbocycles. The molecule has 3 heteroatoms. The summed E-state index contributed by atoms with van der Waals surface area (Å²) in [6.45, 7) is 8.83. The van der Waals surface area contributed by atoms with E-state index in [4.69, 9.17) is 4.74 Å². The van der Waals surface area contributed by atoms with Gasteiger partial charge in [0.1, 0.15) is 0 Å². The van der Waals surface area contributed by atoms with E-state index in [1.54, 1.807) is 0 Å². The molecule has 3 rings (SSSR count). The van der Waals surface area contributed by atoms with Crippen LogP contribution in [0, 0.1) is 5.92 Å². The van der Waals surface area contributed by atoms with E-state index in [-0.39, 0.29) is 5.54 Å². The van der Waals surface area contributed by atoms with Crippen LogP contribution in [0.3, 0.4) is 0 Å². The summed E-state index contributed by atoms with van der Waals surface area (Å²) >= 11 is 0. The number of hydrogen-bond acceptors (Lipinski definition) is 3. The maximum absolute atomic E-state index is 5.62. The SMILES string of the molecule is CC1(C)COCCN1C1CCC1CNC1CC1. The summed E-state index contributed by atoms with van der Waals surface area (Å²) in [7, 11) is 0. The first-order chi connectivity index (χ1) is 8.17. The van der Waals surface area contributed by atoms with E-state index in [1.165, 1.54) is 32.2 Å². The van der Waals surface area contributed by atoms with Gasteiger partial charge in [-0.1, -0.05) is 0 Å². The maximum Gasteiger partial charge on any atom is 0.0645 e. The fourth-order valence-electron chi connectivity index (χ4n) is 3.29. The first kappa shape index (κ1) is 11.9. The minimum absolute atomic E-state index is 0.237. The third-order valence-electron chi connectivity index (χ3n) is 4.73. The van der Waals surface area contributed by atoms with Crippen molar-refractivity contribution in [2.24, 2.45) is 5.92 Å². The zero-order valence-electron chi connectivity index (χ0n) is 11.2. The molecule has 0 spiro atoms. The third-order valence-corrected chi connectivity index (χ3v) is 4.73. The maximum atomic E-state index is 5.62. The molecule has 3 nitrogen and oxygen atoms in total. The highest BCUT2D eigenvalue weighted by molar-refractivity contribution is 4.98. The Morgan fingerprint density at radius 2 is 2.06 bits per heavy atom. The summed E-state index contributed by atoms with van der Waals surface area (Å²) in [5.74, 6) is 0.882. The van der Waals surface area contributed by atoms with Crippen LogP contribution in [-0.2, 0) is 4.74 Å². The van der Waals surface area contributed by atoms with Crippen molar-refractivity contribution in [2.45, 2.75) is 57.2 Å². The van der Waals surface area contributed by atoms with Crippen LogP contribution in [0.2, 0.25) is 0 Å². The van der Waals surface area contributed by atoms with Crippen molar-refractivity contribution in [1.82, 2.24) is 10.2 Å². The zero-order valence-corrected chi connectivity index (χ0v) is 11.2. The Balaban J connectivity index is 1.55. The van der Waals surface area contributed by atoms with Gasteiger partial charge in [-0.3, -0.25) is 4.90 Å². The summed E-state index contributed by atoms with van der Waals surface area (Å²) in [5.41, 5.74) is 0.237. The second-order valence-electron chi connectivity index (χ2n) is 6.65. The second-order valence-corrected chi connectivity index (χ2v) is 6.65. The number of rotatable bonds is 4. The van der Waals surface area contributed by atoms with Crippen LogP contribution in [0.25, 0.3) is 0 Å². The molecular weight excluding hydrogens is 212 g/mol. The predicted molar refractivity (Wildman–Crippen MR) is 69.1 cm³/mol. The van der Waals surface area contributed by atoms with Gasteiger partial charge in [-0.25, -0.2) is 0 Å². The summed E-state index contributed by atoms with van der Waals surface area (Å²) < 4.78 is 5.62. The van der Waals surface area contributed by atoms with E-state index < -0.39 is 0 Å². The first-order valence-corrected chi connectivity index (χ1v) is 7.25. The van der Waals surface area contributed by atoms with E-state index in [0.29, 0.717) is 0 Å². The molecule has 0 aromatic heterocycles. The topological polar surface area (TPSA) is 24.5 Å². The van der Waals surface area contributed by atoms with Crippen LogP contribution < -0.4 is 5.32 Å².